The minimum Gasteiger partial charge on any atom is -0.419 e. The first-order valence-corrected chi connectivity index (χ1v) is 6.35. The molecule has 0 saturated heterocycles. The van der Waals surface area contributed by atoms with Crippen molar-refractivity contribution in [3.8, 4) is 17.5 Å². The Morgan fingerprint density at radius 1 is 1.26 bits per heavy atom. The zero-order chi connectivity index (χ0) is 13.7. The largest absolute Gasteiger partial charge is 0.419 e. The minimum absolute atomic E-state index is 0.0876. The fraction of sp³-hybridized carbons (Fsp3) is 0.357. The molecular formula is C14H16N4O. The first-order valence-electron chi connectivity index (χ1n) is 6.35. The van der Waals surface area contributed by atoms with Gasteiger partial charge in [0.15, 0.2) is 0 Å². The van der Waals surface area contributed by atoms with E-state index in [1.54, 1.807) is 12.1 Å². The maximum atomic E-state index is 8.76. The van der Waals surface area contributed by atoms with Gasteiger partial charge in [0.1, 0.15) is 0 Å². The van der Waals surface area contributed by atoms with E-state index >= 15 is 0 Å². The highest BCUT2D eigenvalue weighted by molar-refractivity contribution is 5.54. The SMILES string of the molecule is CCNC(CC)c1nnc(-c2ccc(C#N)cc2)o1. The topological polar surface area (TPSA) is 74.7 Å². The summed E-state index contributed by atoms with van der Waals surface area (Å²) < 4.78 is 5.68. The highest BCUT2D eigenvalue weighted by Crippen LogP contribution is 2.22. The van der Waals surface area contributed by atoms with Gasteiger partial charge in [0.05, 0.1) is 17.7 Å². The van der Waals surface area contributed by atoms with Crippen molar-refractivity contribution in [3.05, 3.63) is 35.7 Å². The molecule has 19 heavy (non-hydrogen) atoms. The summed E-state index contributed by atoms with van der Waals surface area (Å²) in [4.78, 5) is 0. The normalized spacial score (nSPS) is 12.1. The molecule has 98 valence electrons. The van der Waals surface area contributed by atoms with Gasteiger partial charge >= 0.3 is 0 Å². The molecule has 0 radical (unpaired) electrons. The Kier molecular flexibility index (Phi) is 4.26. The summed E-state index contributed by atoms with van der Waals surface area (Å²) in [5, 5.41) is 20.2. The number of hydrogen-bond donors (Lipinski definition) is 1. The molecular weight excluding hydrogens is 240 g/mol. The number of nitriles is 1. The Morgan fingerprint density at radius 2 is 2.00 bits per heavy atom. The molecule has 0 aliphatic heterocycles. The second kappa shape index (κ2) is 6.12. The lowest BCUT2D eigenvalue weighted by Crippen LogP contribution is -2.20. The molecule has 0 saturated carbocycles. The number of rotatable bonds is 5. The summed E-state index contributed by atoms with van der Waals surface area (Å²) in [5.74, 6) is 1.08. The van der Waals surface area contributed by atoms with Crippen molar-refractivity contribution >= 4 is 0 Å². The van der Waals surface area contributed by atoms with Crippen molar-refractivity contribution in [1.29, 1.82) is 5.26 Å². The average Bonchev–Trinajstić information content (AvgIpc) is 2.94. The molecule has 1 unspecified atom stereocenters. The minimum atomic E-state index is 0.0876. The van der Waals surface area contributed by atoms with Gasteiger partial charge < -0.3 is 9.73 Å². The van der Waals surface area contributed by atoms with E-state index in [0.29, 0.717) is 17.3 Å². The van der Waals surface area contributed by atoms with Crippen molar-refractivity contribution < 1.29 is 4.42 Å². The second-order valence-corrected chi connectivity index (χ2v) is 4.15. The van der Waals surface area contributed by atoms with Crippen LogP contribution in [-0.4, -0.2) is 16.7 Å². The molecule has 0 aliphatic rings. The van der Waals surface area contributed by atoms with E-state index in [2.05, 4.69) is 28.5 Å². The molecule has 0 bridgehead atoms. The van der Waals surface area contributed by atoms with Gasteiger partial charge in [-0.1, -0.05) is 13.8 Å². The van der Waals surface area contributed by atoms with Gasteiger partial charge in [0.2, 0.25) is 11.8 Å². The zero-order valence-electron chi connectivity index (χ0n) is 11.1. The number of aromatic nitrogens is 2. The molecule has 2 aromatic rings. The molecule has 1 atom stereocenters. The molecule has 0 aliphatic carbocycles. The monoisotopic (exact) mass is 256 g/mol. The third-order valence-electron chi connectivity index (χ3n) is 2.86. The molecule has 0 amide bonds. The van der Waals surface area contributed by atoms with E-state index < -0.39 is 0 Å². The van der Waals surface area contributed by atoms with Crippen molar-refractivity contribution in [2.45, 2.75) is 26.3 Å². The zero-order valence-corrected chi connectivity index (χ0v) is 11.1. The lowest BCUT2D eigenvalue weighted by atomic mass is 10.1. The van der Waals surface area contributed by atoms with Crippen LogP contribution in [0.1, 0.15) is 37.8 Å². The fourth-order valence-electron chi connectivity index (χ4n) is 1.83. The third kappa shape index (κ3) is 2.98. The van der Waals surface area contributed by atoms with Crippen LogP contribution in [0.3, 0.4) is 0 Å². The maximum absolute atomic E-state index is 8.76. The highest BCUT2D eigenvalue weighted by atomic mass is 16.4. The number of hydrogen-bond acceptors (Lipinski definition) is 5. The van der Waals surface area contributed by atoms with Crippen LogP contribution in [0, 0.1) is 11.3 Å². The number of benzene rings is 1. The van der Waals surface area contributed by atoms with Gasteiger partial charge in [-0.25, -0.2) is 0 Å². The summed E-state index contributed by atoms with van der Waals surface area (Å²) in [5.41, 5.74) is 1.44. The van der Waals surface area contributed by atoms with Gasteiger partial charge in [-0.3, -0.25) is 0 Å². The third-order valence-corrected chi connectivity index (χ3v) is 2.86. The Labute approximate surface area is 112 Å². The lowest BCUT2D eigenvalue weighted by Gasteiger charge is -2.09. The van der Waals surface area contributed by atoms with Gasteiger partial charge in [0, 0.05) is 5.56 Å². The van der Waals surface area contributed by atoms with E-state index in [0.717, 1.165) is 18.5 Å². The molecule has 1 heterocycles. The fourth-order valence-corrected chi connectivity index (χ4v) is 1.83. The van der Waals surface area contributed by atoms with E-state index in [9.17, 15) is 0 Å². The summed E-state index contributed by atoms with van der Waals surface area (Å²) >= 11 is 0. The predicted molar refractivity (Wildman–Crippen MR) is 71.2 cm³/mol. The van der Waals surface area contributed by atoms with Crippen molar-refractivity contribution in [3.63, 3.8) is 0 Å². The summed E-state index contributed by atoms with van der Waals surface area (Å²) in [6, 6.07) is 9.26. The maximum Gasteiger partial charge on any atom is 0.247 e. The first-order chi connectivity index (χ1) is 9.28. The Bertz CT molecular complexity index is 568. The summed E-state index contributed by atoms with van der Waals surface area (Å²) in [6.45, 7) is 4.96. The molecule has 5 nitrogen and oxygen atoms in total. The van der Waals surface area contributed by atoms with E-state index in [4.69, 9.17) is 9.68 Å². The standard InChI is InChI=1S/C14H16N4O/c1-3-12(16-4-2)14-18-17-13(19-14)11-7-5-10(9-15)6-8-11/h5-8,12,16H,3-4H2,1-2H3. The van der Waals surface area contributed by atoms with E-state index in [1.807, 2.05) is 19.1 Å². The van der Waals surface area contributed by atoms with Crippen LogP contribution in [0.5, 0.6) is 0 Å². The summed E-state index contributed by atoms with van der Waals surface area (Å²) in [7, 11) is 0. The smallest absolute Gasteiger partial charge is 0.247 e. The lowest BCUT2D eigenvalue weighted by molar-refractivity contribution is 0.402. The van der Waals surface area contributed by atoms with Crippen LogP contribution in [0.15, 0.2) is 28.7 Å². The van der Waals surface area contributed by atoms with Crippen LogP contribution < -0.4 is 5.32 Å². The molecule has 1 aromatic heterocycles. The van der Waals surface area contributed by atoms with Crippen LogP contribution in [-0.2, 0) is 0 Å². The second-order valence-electron chi connectivity index (χ2n) is 4.15. The quantitative estimate of drug-likeness (QED) is 0.890. The number of nitrogens with zero attached hydrogens (tertiary/aromatic N) is 3. The van der Waals surface area contributed by atoms with Gasteiger partial charge in [-0.05, 0) is 37.2 Å². The number of nitrogens with one attached hydrogen (secondary N) is 1. The van der Waals surface area contributed by atoms with Crippen LogP contribution in [0.4, 0.5) is 0 Å². The van der Waals surface area contributed by atoms with E-state index in [1.165, 1.54) is 0 Å². The molecule has 2 rings (SSSR count). The Balaban J connectivity index is 2.22. The predicted octanol–water partition coefficient (Wildman–Crippen LogP) is 2.67. The summed E-state index contributed by atoms with van der Waals surface area (Å²) in [6.07, 6.45) is 0.892. The van der Waals surface area contributed by atoms with E-state index in [-0.39, 0.29) is 6.04 Å². The van der Waals surface area contributed by atoms with Crippen molar-refractivity contribution in [2.24, 2.45) is 0 Å². The Morgan fingerprint density at radius 3 is 2.58 bits per heavy atom. The molecule has 5 heteroatoms. The highest BCUT2D eigenvalue weighted by Gasteiger charge is 2.16. The molecule has 1 N–H and O–H groups in total. The van der Waals surface area contributed by atoms with Gasteiger partial charge in [-0.15, -0.1) is 10.2 Å². The molecule has 0 spiro atoms. The van der Waals surface area contributed by atoms with Crippen LogP contribution in [0.25, 0.3) is 11.5 Å². The van der Waals surface area contributed by atoms with Crippen molar-refractivity contribution in [1.82, 2.24) is 15.5 Å². The first kappa shape index (κ1) is 13.2. The Hall–Kier alpha value is -2.19. The average molecular weight is 256 g/mol. The van der Waals surface area contributed by atoms with Crippen molar-refractivity contribution in [2.75, 3.05) is 6.54 Å². The molecule has 1 aromatic carbocycles. The van der Waals surface area contributed by atoms with Crippen LogP contribution in [0.2, 0.25) is 0 Å². The molecule has 0 fully saturated rings. The van der Waals surface area contributed by atoms with Gasteiger partial charge in [0.25, 0.3) is 0 Å². The van der Waals surface area contributed by atoms with Gasteiger partial charge in [-0.2, -0.15) is 5.26 Å². The van der Waals surface area contributed by atoms with Crippen LogP contribution >= 0.6 is 0 Å².